The fourth-order valence-corrected chi connectivity index (χ4v) is 3.98. The van der Waals surface area contributed by atoms with Gasteiger partial charge < -0.3 is 15.2 Å². The van der Waals surface area contributed by atoms with Gasteiger partial charge in [-0.05, 0) is 31.4 Å². The number of aryl methyl sites for hydroxylation is 2. The first-order valence-corrected chi connectivity index (χ1v) is 8.37. The van der Waals surface area contributed by atoms with E-state index in [9.17, 15) is 0 Å². The Hall–Kier alpha value is -2.07. The van der Waals surface area contributed by atoms with Crippen molar-refractivity contribution in [2.75, 3.05) is 23.7 Å². The van der Waals surface area contributed by atoms with Gasteiger partial charge in [0.25, 0.3) is 0 Å². The van der Waals surface area contributed by atoms with Gasteiger partial charge in [0.1, 0.15) is 12.2 Å². The Morgan fingerprint density at radius 1 is 1.39 bits per heavy atom. The summed E-state index contributed by atoms with van der Waals surface area (Å²) in [5.74, 6) is 1.45. The number of nitrogens with zero attached hydrogens (tertiary/aromatic N) is 5. The van der Waals surface area contributed by atoms with E-state index in [-0.39, 0.29) is 0 Å². The quantitative estimate of drug-likeness (QED) is 0.646. The smallest absolute Gasteiger partial charge is 0.233 e. The first-order chi connectivity index (χ1) is 11.0. The summed E-state index contributed by atoms with van der Waals surface area (Å²) in [6.07, 6.45) is 3.73. The molecule has 6 nitrogen and oxygen atoms in total. The van der Waals surface area contributed by atoms with Gasteiger partial charge in [-0.25, -0.2) is 4.85 Å². The number of nitrogens with two attached hydrogens (primary N) is 1. The Morgan fingerprint density at radius 3 is 2.65 bits per heavy atom. The van der Waals surface area contributed by atoms with E-state index in [1.54, 1.807) is 6.33 Å². The molecule has 1 aromatic heterocycles. The highest BCUT2D eigenvalue weighted by molar-refractivity contribution is 9.10. The number of halogens is 1. The van der Waals surface area contributed by atoms with Gasteiger partial charge in [-0.3, -0.25) is 0 Å². The van der Waals surface area contributed by atoms with Gasteiger partial charge in [-0.15, -0.1) is 10.2 Å². The van der Waals surface area contributed by atoms with Gasteiger partial charge in [0.15, 0.2) is 0 Å². The maximum absolute atomic E-state index is 7.49. The zero-order valence-electron chi connectivity index (χ0n) is 13.3. The van der Waals surface area contributed by atoms with E-state index in [4.69, 9.17) is 12.3 Å². The number of aromatic nitrogens is 3. The van der Waals surface area contributed by atoms with Gasteiger partial charge in [-0.1, -0.05) is 15.9 Å². The molecule has 120 valence electrons. The van der Waals surface area contributed by atoms with Crippen LogP contribution in [0.3, 0.4) is 0 Å². The van der Waals surface area contributed by atoms with E-state index in [1.807, 2.05) is 24.6 Å². The van der Waals surface area contributed by atoms with Crippen LogP contribution in [0.1, 0.15) is 30.1 Å². The van der Waals surface area contributed by atoms with Crippen LogP contribution in [0.15, 0.2) is 16.9 Å². The summed E-state index contributed by atoms with van der Waals surface area (Å²) in [6, 6.07) is 1.99. The average molecular weight is 375 g/mol. The molecule has 3 rings (SSSR count). The topological polar surface area (TPSA) is 64.3 Å². The number of nitrogen functional groups attached to an aromatic ring is 1. The second-order valence-electron chi connectivity index (χ2n) is 5.96. The molecule has 0 unspecified atom stereocenters. The number of piperidine rings is 1. The standard InChI is InChI=1S/C16H19BrN6/c1-10-8-12(17)15(14(19-2)13(10)18)23-6-4-11(5-7-23)16-21-20-9-22(16)3/h8-9,11H,4-7,18H2,1,3H3. The minimum atomic E-state index is 0.414. The lowest BCUT2D eigenvalue weighted by molar-refractivity contribution is 0.474. The number of hydrogen-bond acceptors (Lipinski definition) is 4. The van der Waals surface area contributed by atoms with Crippen LogP contribution in [-0.4, -0.2) is 27.9 Å². The van der Waals surface area contributed by atoms with E-state index in [0.717, 1.165) is 47.5 Å². The number of benzene rings is 1. The number of anilines is 2. The van der Waals surface area contributed by atoms with Gasteiger partial charge in [0.05, 0.1) is 12.3 Å². The molecule has 0 aliphatic carbocycles. The van der Waals surface area contributed by atoms with Crippen molar-refractivity contribution in [3.05, 3.63) is 39.7 Å². The summed E-state index contributed by atoms with van der Waals surface area (Å²) >= 11 is 3.61. The monoisotopic (exact) mass is 374 g/mol. The molecule has 0 radical (unpaired) electrons. The minimum Gasteiger partial charge on any atom is -0.407 e. The average Bonchev–Trinajstić information content (AvgIpc) is 2.97. The Kier molecular flexibility index (Phi) is 4.26. The van der Waals surface area contributed by atoms with Crippen molar-refractivity contribution >= 4 is 33.0 Å². The third kappa shape index (κ3) is 2.79. The largest absolute Gasteiger partial charge is 0.407 e. The van der Waals surface area contributed by atoms with Gasteiger partial charge in [-0.2, -0.15) is 0 Å². The molecule has 0 spiro atoms. The maximum atomic E-state index is 7.49. The molecule has 7 heteroatoms. The minimum absolute atomic E-state index is 0.414. The Morgan fingerprint density at radius 2 is 2.09 bits per heavy atom. The molecule has 1 aliphatic rings. The fraction of sp³-hybridized carbons (Fsp3) is 0.438. The van der Waals surface area contributed by atoms with Crippen molar-refractivity contribution in [1.82, 2.24) is 14.8 Å². The number of hydrogen-bond donors (Lipinski definition) is 1. The van der Waals surface area contributed by atoms with E-state index < -0.39 is 0 Å². The van der Waals surface area contributed by atoms with E-state index >= 15 is 0 Å². The molecule has 1 fully saturated rings. The first-order valence-electron chi connectivity index (χ1n) is 7.57. The molecule has 0 amide bonds. The highest BCUT2D eigenvalue weighted by Crippen LogP contribution is 2.44. The van der Waals surface area contributed by atoms with Gasteiger partial charge in [0.2, 0.25) is 5.69 Å². The van der Waals surface area contributed by atoms with Crippen LogP contribution in [-0.2, 0) is 7.05 Å². The molecular weight excluding hydrogens is 356 g/mol. The lowest BCUT2D eigenvalue weighted by Crippen LogP contribution is -2.34. The lowest BCUT2D eigenvalue weighted by Gasteiger charge is -2.35. The molecule has 1 saturated heterocycles. The van der Waals surface area contributed by atoms with Crippen molar-refractivity contribution in [2.45, 2.75) is 25.7 Å². The van der Waals surface area contributed by atoms with Crippen LogP contribution in [0.4, 0.5) is 17.1 Å². The molecule has 1 aliphatic heterocycles. The zero-order chi connectivity index (χ0) is 16.6. The molecule has 2 N–H and O–H groups in total. The summed E-state index contributed by atoms with van der Waals surface area (Å²) in [5.41, 5.74) is 9.09. The molecular formula is C16H19BrN6. The van der Waals surface area contributed by atoms with Crippen LogP contribution in [0.25, 0.3) is 4.85 Å². The fourth-order valence-electron chi connectivity index (χ4n) is 3.20. The summed E-state index contributed by atoms with van der Waals surface area (Å²) < 4.78 is 2.93. The highest BCUT2D eigenvalue weighted by Gasteiger charge is 2.27. The Labute approximate surface area is 144 Å². The molecule has 2 heterocycles. The summed E-state index contributed by atoms with van der Waals surface area (Å²) in [5, 5.41) is 8.20. The number of rotatable bonds is 2. The predicted molar refractivity (Wildman–Crippen MR) is 94.7 cm³/mol. The second kappa shape index (κ2) is 6.20. The maximum Gasteiger partial charge on any atom is 0.233 e. The molecule has 0 bridgehead atoms. The van der Waals surface area contributed by atoms with Crippen molar-refractivity contribution in [3.63, 3.8) is 0 Å². The molecule has 23 heavy (non-hydrogen) atoms. The van der Waals surface area contributed by atoms with Crippen LogP contribution >= 0.6 is 15.9 Å². The zero-order valence-corrected chi connectivity index (χ0v) is 14.8. The van der Waals surface area contributed by atoms with Crippen LogP contribution in [0.5, 0.6) is 0 Å². The first kappa shape index (κ1) is 15.8. The predicted octanol–water partition coefficient (Wildman–Crippen LogP) is 3.40. The second-order valence-corrected chi connectivity index (χ2v) is 6.81. The molecule has 0 saturated carbocycles. The van der Waals surface area contributed by atoms with Gasteiger partial charge >= 0.3 is 0 Å². The molecule has 0 atom stereocenters. The Balaban J connectivity index is 1.85. The highest BCUT2D eigenvalue weighted by atomic mass is 79.9. The molecule has 1 aromatic carbocycles. The van der Waals surface area contributed by atoms with Crippen LogP contribution < -0.4 is 10.6 Å². The van der Waals surface area contributed by atoms with Crippen molar-refractivity contribution < 1.29 is 0 Å². The van der Waals surface area contributed by atoms with Crippen molar-refractivity contribution in [2.24, 2.45) is 7.05 Å². The SMILES string of the molecule is [C-]#[N+]c1c(N)c(C)cc(Br)c1N1CCC(c2nncn2C)CC1. The Bertz CT molecular complexity index is 768. The van der Waals surface area contributed by atoms with Crippen LogP contribution in [0, 0.1) is 13.5 Å². The third-order valence-electron chi connectivity index (χ3n) is 4.51. The third-order valence-corrected chi connectivity index (χ3v) is 5.11. The summed E-state index contributed by atoms with van der Waals surface area (Å²) in [6.45, 7) is 11.2. The molecule has 2 aromatic rings. The van der Waals surface area contributed by atoms with E-state index in [2.05, 4.69) is 35.9 Å². The normalized spacial score (nSPS) is 15.7. The van der Waals surface area contributed by atoms with Gasteiger partial charge in [0, 0.05) is 36.2 Å². The lowest BCUT2D eigenvalue weighted by atomic mass is 9.95. The summed E-state index contributed by atoms with van der Waals surface area (Å²) in [4.78, 5) is 5.93. The van der Waals surface area contributed by atoms with Crippen LogP contribution in [0.2, 0.25) is 0 Å². The summed E-state index contributed by atoms with van der Waals surface area (Å²) in [7, 11) is 1.98. The van der Waals surface area contributed by atoms with Crippen molar-refractivity contribution in [1.29, 1.82) is 0 Å². The van der Waals surface area contributed by atoms with E-state index in [1.165, 1.54) is 0 Å². The van der Waals surface area contributed by atoms with Crippen molar-refractivity contribution in [3.8, 4) is 0 Å². The van der Waals surface area contributed by atoms with E-state index in [0.29, 0.717) is 17.3 Å².